The summed E-state index contributed by atoms with van der Waals surface area (Å²) in [5.74, 6) is 0.632. The van der Waals surface area contributed by atoms with Gasteiger partial charge in [-0.25, -0.2) is 9.37 Å². The van der Waals surface area contributed by atoms with Crippen LogP contribution in [0.15, 0.2) is 36.4 Å². The highest BCUT2D eigenvalue weighted by Gasteiger charge is 2.24. The van der Waals surface area contributed by atoms with Crippen molar-refractivity contribution in [2.45, 2.75) is 13.5 Å². The second-order valence-corrected chi connectivity index (χ2v) is 5.72. The van der Waals surface area contributed by atoms with Gasteiger partial charge in [-0.15, -0.1) is 0 Å². The molecule has 0 saturated carbocycles. The predicted octanol–water partition coefficient (Wildman–Crippen LogP) is 3.49. The molecule has 0 fully saturated rings. The molecule has 1 aliphatic heterocycles. The molecule has 3 heterocycles. The van der Waals surface area contributed by atoms with Crippen LogP contribution in [0.3, 0.4) is 0 Å². The van der Waals surface area contributed by atoms with Gasteiger partial charge in [-0.3, -0.25) is 4.98 Å². The van der Waals surface area contributed by atoms with Gasteiger partial charge >= 0.3 is 0 Å². The highest BCUT2D eigenvalue weighted by molar-refractivity contribution is 5.80. The van der Waals surface area contributed by atoms with E-state index in [1.165, 1.54) is 13.2 Å². The van der Waals surface area contributed by atoms with Gasteiger partial charge in [0.1, 0.15) is 5.69 Å². The van der Waals surface area contributed by atoms with Gasteiger partial charge in [0.05, 0.1) is 18.5 Å². The Morgan fingerprint density at radius 1 is 1.21 bits per heavy atom. The number of fused-ring (bicyclic) bond motifs is 1. The van der Waals surface area contributed by atoms with Crippen molar-refractivity contribution < 1.29 is 9.13 Å². The molecule has 5 nitrogen and oxygen atoms in total. The maximum Gasteiger partial charge on any atom is 0.204 e. The van der Waals surface area contributed by atoms with E-state index in [-0.39, 0.29) is 11.6 Å². The number of methoxy groups -OCH3 is 1. The third kappa shape index (κ3) is 2.31. The number of pyridine rings is 1. The van der Waals surface area contributed by atoms with Crippen molar-refractivity contribution in [3.8, 4) is 28.4 Å². The molecule has 0 amide bonds. The Kier molecular flexibility index (Phi) is 3.45. The number of hydrogen-bond acceptors (Lipinski definition) is 4. The molecule has 1 N–H and O–H groups in total. The number of rotatable bonds is 3. The number of ether oxygens (including phenoxy) is 1. The molecule has 0 radical (unpaired) electrons. The lowest BCUT2D eigenvalue weighted by molar-refractivity contribution is 0.386. The Labute approximate surface area is 139 Å². The van der Waals surface area contributed by atoms with Crippen LogP contribution in [0.25, 0.3) is 22.6 Å². The monoisotopic (exact) mass is 324 g/mol. The number of benzene rings is 1. The molecule has 3 aromatic rings. The van der Waals surface area contributed by atoms with Crippen LogP contribution in [0.1, 0.15) is 5.69 Å². The topological polar surface area (TPSA) is 52.0 Å². The third-order valence-corrected chi connectivity index (χ3v) is 4.14. The van der Waals surface area contributed by atoms with Crippen molar-refractivity contribution in [2.24, 2.45) is 0 Å². The number of nitrogens with zero attached hydrogens (tertiary/aromatic N) is 3. The molecule has 122 valence electrons. The van der Waals surface area contributed by atoms with Gasteiger partial charge in [0.25, 0.3) is 0 Å². The van der Waals surface area contributed by atoms with Crippen LogP contribution in [0.2, 0.25) is 0 Å². The first-order valence-electron chi connectivity index (χ1n) is 7.79. The van der Waals surface area contributed by atoms with Crippen molar-refractivity contribution in [3.05, 3.63) is 47.9 Å². The number of anilines is 1. The van der Waals surface area contributed by atoms with Crippen LogP contribution in [-0.4, -0.2) is 28.2 Å². The Hall–Kier alpha value is -2.89. The van der Waals surface area contributed by atoms with E-state index in [0.29, 0.717) is 0 Å². The Balaban J connectivity index is 1.92. The molecule has 4 rings (SSSR count). The number of aromatic nitrogens is 3. The molecule has 24 heavy (non-hydrogen) atoms. The van der Waals surface area contributed by atoms with Crippen molar-refractivity contribution in [2.75, 3.05) is 19.0 Å². The zero-order valence-corrected chi connectivity index (χ0v) is 13.5. The summed E-state index contributed by atoms with van der Waals surface area (Å²) in [6, 6.07) is 10.8. The van der Waals surface area contributed by atoms with Crippen LogP contribution >= 0.6 is 0 Å². The summed E-state index contributed by atoms with van der Waals surface area (Å²) in [7, 11) is 1.46. The lowest BCUT2D eigenvalue weighted by Crippen LogP contribution is -2.00. The first-order chi connectivity index (χ1) is 11.7. The Morgan fingerprint density at radius 3 is 2.83 bits per heavy atom. The minimum atomic E-state index is -0.389. The summed E-state index contributed by atoms with van der Waals surface area (Å²) in [5.41, 5.74) is 4.08. The van der Waals surface area contributed by atoms with Crippen molar-refractivity contribution in [1.82, 2.24) is 14.5 Å². The van der Waals surface area contributed by atoms with Gasteiger partial charge in [-0.2, -0.15) is 0 Å². The zero-order chi connectivity index (χ0) is 16.7. The fourth-order valence-corrected chi connectivity index (χ4v) is 3.04. The number of imidazole rings is 1. The van der Waals surface area contributed by atoms with E-state index in [1.807, 2.05) is 31.2 Å². The Morgan fingerprint density at radius 2 is 2.08 bits per heavy atom. The quantitative estimate of drug-likeness (QED) is 0.801. The second-order valence-electron chi connectivity index (χ2n) is 5.72. The Bertz CT molecular complexity index is 919. The number of aryl methyl sites for hydroxylation is 1. The second kappa shape index (κ2) is 5.63. The van der Waals surface area contributed by atoms with Crippen LogP contribution in [-0.2, 0) is 6.54 Å². The molecule has 6 heteroatoms. The van der Waals surface area contributed by atoms with Gasteiger partial charge < -0.3 is 14.6 Å². The van der Waals surface area contributed by atoms with Gasteiger partial charge in [-0.1, -0.05) is 6.07 Å². The smallest absolute Gasteiger partial charge is 0.204 e. The van der Waals surface area contributed by atoms with Crippen LogP contribution in [0, 0.1) is 12.7 Å². The average Bonchev–Trinajstić information content (AvgIpc) is 3.15. The molecule has 2 aromatic heterocycles. The van der Waals surface area contributed by atoms with Crippen molar-refractivity contribution in [1.29, 1.82) is 0 Å². The molecule has 1 aromatic carbocycles. The SMILES string of the molecule is COc1ccc(-c2c(-c3cccc(C)n3)nc3n2CCN3)cc1F. The molecule has 0 saturated heterocycles. The predicted molar refractivity (Wildman–Crippen MR) is 90.6 cm³/mol. The maximum atomic E-state index is 14.2. The summed E-state index contributed by atoms with van der Waals surface area (Å²) in [6.45, 7) is 3.55. The minimum Gasteiger partial charge on any atom is -0.494 e. The molecule has 0 aliphatic carbocycles. The molecule has 0 unspecified atom stereocenters. The summed E-state index contributed by atoms with van der Waals surface area (Å²) in [5, 5.41) is 3.26. The number of nitrogens with one attached hydrogen (secondary N) is 1. The first-order valence-corrected chi connectivity index (χ1v) is 7.79. The fraction of sp³-hybridized carbons (Fsp3) is 0.222. The van der Waals surface area contributed by atoms with Gasteiger partial charge in [0, 0.05) is 24.3 Å². The number of hydrogen-bond donors (Lipinski definition) is 1. The average molecular weight is 324 g/mol. The highest BCUT2D eigenvalue weighted by Crippen LogP contribution is 2.36. The van der Waals surface area contributed by atoms with E-state index in [9.17, 15) is 4.39 Å². The lowest BCUT2D eigenvalue weighted by atomic mass is 10.1. The van der Waals surface area contributed by atoms with E-state index in [1.54, 1.807) is 6.07 Å². The third-order valence-electron chi connectivity index (χ3n) is 4.14. The molecule has 0 atom stereocenters. The molecule has 1 aliphatic rings. The summed E-state index contributed by atoms with van der Waals surface area (Å²) in [4.78, 5) is 9.26. The molecular formula is C18H17FN4O. The van der Waals surface area contributed by atoms with Crippen LogP contribution in [0.4, 0.5) is 10.3 Å². The zero-order valence-electron chi connectivity index (χ0n) is 13.5. The van der Waals surface area contributed by atoms with E-state index in [2.05, 4.69) is 19.9 Å². The highest BCUT2D eigenvalue weighted by atomic mass is 19.1. The van der Waals surface area contributed by atoms with Crippen molar-refractivity contribution >= 4 is 5.95 Å². The van der Waals surface area contributed by atoms with Gasteiger partial charge in [-0.05, 0) is 37.3 Å². The molecule has 0 bridgehead atoms. The van der Waals surface area contributed by atoms with Crippen LogP contribution < -0.4 is 10.1 Å². The van der Waals surface area contributed by atoms with Crippen LogP contribution in [0.5, 0.6) is 5.75 Å². The van der Waals surface area contributed by atoms with Gasteiger partial charge in [0.15, 0.2) is 11.6 Å². The van der Waals surface area contributed by atoms with E-state index < -0.39 is 0 Å². The van der Waals surface area contributed by atoms with Crippen molar-refractivity contribution in [3.63, 3.8) is 0 Å². The molecular weight excluding hydrogens is 307 g/mol. The van der Waals surface area contributed by atoms with E-state index >= 15 is 0 Å². The standard InChI is InChI=1S/C18H17FN4O/c1-11-4-3-5-14(21-11)16-17(23-9-8-20-18(23)22-16)12-6-7-15(24-2)13(19)10-12/h3-7,10H,8-9H2,1-2H3,(H,20,22). The largest absolute Gasteiger partial charge is 0.494 e. The van der Waals surface area contributed by atoms with E-state index in [0.717, 1.165) is 47.4 Å². The summed E-state index contributed by atoms with van der Waals surface area (Å²) in [6.07, 6.45) is 0. The summed E-state index contributed by atoms with van der Waals surface area (Å²) >= 11 is 0. The fourth-order valence-electron chi connectivity index (χ4n) is 3.04. The normalized spacial score (nSPS) is 12.8. The maximum absolute atomic E-state index is 14.2. The lowest BCUT2D eigenvalue weighted by Gasteiger charge is -2.09. The minimum absolute atomic E-state index is 0.230. The summed E-state index contributed by atoms with van der Waals surface area (Å²) < 4.78 is 21.3. The molecule has 0 spiro atoms. The van der Waals surface area contributed by atoms with Gasteiger partial charge in [0.2, 0.25) is 5.95 Å². The van der Waals surface area contributed by atoms with E-state index in [4.69, 9.17) is 4.74 Å². The number of halogens is 1. The first kappa shape index (κ1) is 14.7.